The highest BCUT2D eigenvalue weighted by molar-refractivity contribution is 5.86. The molecular weight excluding hydrogens is 208 g/mol. The van der Waals surface area contributed by atoms with E-state index in [4.69, 9.17) is 5.73 Å². The highest BCUT2D eigenvalue weighted by Gasteiger charge is 2.39. The highest BCUT2D eigenvalue weighted by atomic mass is 14.8. The van der Waals surface area contributed by atoms with Gasteiger partial charge in [-0.25, -0.2) is 0 Å². The fraction of sp³-hybridized carbons (Fsp3) is 0.400. The summed E-state index contributed by atoms with van der Waals surface area (Å²) < 4.78 is 0. The molecule has 2 heteroatoms. The van der Waals surface area contributed by atoms with Crippen molar-refractivity contribution in [2.45, 2.75) is 38.1 Å². The molecular formula is C15H18N2. The Balaban J connectivity index is 2.18. The van der Waals surface area contributed by atoms with Crippen LogP contribution in [0.2, 0.25) is 0 Å². The number of nitrogens with two attached hydrogens (primary N) is 1. The molecule has 1 heterocycles. The summed E-state index contributed by atoms with van der Waals surface area (Å²) in [6.45, 7) is 4.41. The summed E-state index contributed by atoms with van der Waals surface area (Å²) in [7, 11) is 0. The van der Waals surface area contributed by atoms with E-state index in [-0.39, 0.29) is 5.54 Å². The van der Waals surface area contributed by atoms with E-state index in [0.717, 1.165) is 12.8 Å². The molecule has 2 N–H and O–H groups in total. The molecule has 0 aliphatic heterocycles. The van der Waals surface area contributed by atoms with Crippen molar-refractivity contribution in [1.82, 2.24) is 4.98 Å². The van der Waals surface area contributed by atoms with Crippen molar-refractivity contribution in [2.75, 3.05) is 0 Å². The molecule has 1 aromatic heterocycles. The molecule has 3 rings (SSSR count). The Morgan fingerprint density at radius 1 is 1.24 bits per heavy atom. The monoisotopic (exact) mass is 226 g/mol. The number of benzene rings is 1. The molecule has 1 aliphatic carbocycles. The minimum Gasteiger partial charge on any atom is -0.321 e. The van der Waals surface area contributed by atoms with Crippen molar-refractivity contribution in [3.63, 3.8) is 0 Å². The molecule has 1 saturated carbocycles. The SMILES string of the molecule is CC(C)c1cncc2cc(C3(N)CC3)ccc12. The van der Waals surface area contributed by atoms with E-state index >= 15 is 0 Å². The average molecular weight is 226 g/mol. The van der Waals surface area contributed by atoms with Gasteiger partial charge in [0, 0.05) is 23.3 Å². The second-order valence-electron chi connectivity index (χ2n) is 5.48. The fourth-order valence-electron chi connectivity index (χ4n) is 2.39. The first kappa shape index (κ1) is 10.7. The van der Waals surface area contributed by atoms with Crippen LogP contribution >= 0.6 is 0 Å². The number of fused-ring (bicyclic) bond motifs is 1. The molecule has 1 aromatic carbocycles. The van der Waals surface area contributed by atoms with Crippen molar-refractivity contribution in [2.24, 2.45) is 5.73 Å². The standard InChI is InChI=1S/C15H18N2/c1-10(2)14-9-17-8-11-7-12(3-4-13(11)14)15(16)5-6-15/h3-4,7-10H,5-6,16H2,1-2H3. The molecule has 88 valence electrons. The predicted molar refractivity (Wildman–Crippen MR) is 70.9 cm³/mol. The van der Waals surface area contributed by atoms with Gasteiger partial charge in [-0.2, -0.15) is 0 Å². The third-order valence-electron chi connectivity index (χ3n) is 3.78. The van der Waals surface area contributed by atoms with Crippen molar-refractivity contribution in [3.8, 4) is 0 Å². The van der Waals surface area contributed by atoms with Gasteiger partial charge in [0.25, 0.3) is 0 Å². The van der Waals surface area contributed by atoms with E-state index < -0.39 is 0 Å². The predicted octanol–water partition coefficient (Wildman–Crippen LogP) is 3.31. The maximum atomic E-state index is 6.24. The van der Waals surface area contributed by atoms with Gasteiger partial charge in [0.05, 0.1) is 0 Å². The second-order valence-corrected chi connectivity index (χ2v) is 5.48. The Morgan fingerprint density at radius 2 is 2.00 bits per heavy atom. The van der Waals surface area contributed by atoms with Gasteiger partial charge in [-0.3, -0.25) is 4.98 Å². The van der Waals surface area contributed by atoms with Gasteiger partial charge in [-0.05, 0) is 41.3 Å². The van der Waals surface area contributed by atoms with Crippen molar-refractivity contribution < 1.29 is 0 Å². The Morgan fingerprint density at radius 3 is 2.65 bits per heavy atom. The number of aromatic nitrogens is 1. The second kappa shape index (κ2) is 3.54. The molecule has 2 nitrogen and oxygen atoms in total. The number of pyridine rings is 1. The number of rotatable bonds is 2. The molecule has 0 saturated heterocycles. The maximum Gasteiger partial charge on any atom is 0.0411 e. The zero-order chi connectivity index (χ0) is 12.0. The minimum atomic E-state index is -0.0535. The maximum absolute atomic E-state index is 6.24. The van der Waals surface area contributed by atoms with Gasteiger partial charge in [-0.1, -0.05) is 26.0 Å². The van der Waals surface area contributed by atoms with E-state index in [1.165, 1.54) is 21.9 Å². The van der Waals surface area contributed by atoms with Crippen LogP contribution in [-0.4, -0.2) is 4.98 Å². The summed E-state index contributed by atoms with van der Waals surface area (Å²) in [6, 6.07) is 6.59. The van der Waals surface area contributed by atoms with Crippen molar-refractivity contribution >= 4 is 10.8 Å². The summed E-state index contributed by atoms with van der Waals surface area (Å²) in [4.78, 5) is 4.34. The summed E-state index contributed by atoms with van der Waals surface area (Å²) in [5.74, 6) is 0.504. The number of hydrogen-bond acceptors (Lipinski definition) is 2. The van der Waals surface area contributed by atoms with Crippen molar-refractivity contribution in [1.29, 1.82) is 0 Å². The first-order valence-electron chi connectivity index (χ1n) is 6.27. The van der Waals surface area contributed by atoms with Crippen LogP contribution in [0.1, 0.15) is 43.7 Å². The fourth-order valence-corrected chi connectivity index (χ4v) is 2.39. The zero-order valence-electron chi connectivity index (χ0n) is 10.4. The molecule has 0 bridgehead atoms. The third-order valence-corrected chi connectivity index (χ3v) is 3.78. The quantitative estimate of drug-likeness (QED) is 0.853. The summed E-state index contributed by atoms with van der Waals surface area (Å²) in [5.41, 5.74) is 8.76. The number of nitrogens with zero attached hydrogens (tertiary/aromatic N) is 1. The lowest BCUT2D eigenvalue weighted by atomic mass is 9.95. The van der Waals surface area contributed by atoms with Gasteiger partial charge in [-0.15, -0.1) is 0 Å². The van der Waals surface area contributed by atoms with Crippen LogP contribution in [0, 0.1) is 0 Å². The molecule has 0 amide bonds. The summed E-state index contributed by atoms with van der Waals surface area (Å²) in [6.07, 6.45) is 6.13. The molecule has 0 atom stereocenters. The van der Waals surface area contributed by atoms with E-state index in [1.54, 1.807) is 0 Å². The molecule has 2 aromatic rings. The minimum absolute atomic E-state index is 0.0535. The van der Waals surface area contributed by atoms with E-state index in [2.05, 4.69) is 37.0 Å². The van der Waals surface area contributed by atoms with E-state index in [1.807, 2.05) is 12.4 Å². The van der Waals surface area contributed by atoms with Gasteiger partial charge in [0.15, 0.2) is 0 Å². The van der Waals surface area contributed by atoms with Crippen LogP contribution in [0.5, 0.6) is 0 Å². The topological polar surface area (TPSA) is 38.9 Å². The Kier molecular flexibility index (Phi) is 2.23. The third kappa shape index (κ3) is 1.73. The Labute approximate surface area is 102 Å². The average Bonchev–Trinajstić information content (AvgIpc) is 3.07. The van der Waals surface area contributed by atoms with Crippen LogP contribution in [0.25, 0.3) is 10.8 Å². The van der Waals surface area contributed by atoms with Gasteiger partial charge < -0.3 is 5.73 Å². The number of hydrogen-bond donors (Lipinski definition) is 1. The molecule has 0 unspecified atom stereocenters. The molecule has 0 radical (unpaired) electrons. The summed E-state index contributed by atoms with van der Waals surface area (Å²) in [5, 5.41) is 2.52. The largest absolute Gasteiger partial charge is 0.321 e. The van der Waals surface area contributed by atoms with Crippen LogP contribution in [0.4, 0.5) is 0 Å². The highest BCUT2D eigenvalue weighted by Crippen LogP contribution is 2.43. The van der Waals surface area contributed by atoms with Crippen LogP contribution < -0.4 is 5.73 Å². The first-order valence-corrected chi connectivity index (χ1v) is 6.27. The van der Waals surface area contributed by atoms with Crippen LogP contribution in [0.3, 0.4) is 0 Å². The van der Waals surface area contributed by atoms with Gasteiger partial charge in [0.1, 0.15) is 0 Å². The first-order chi connectivity index (χ1) is 8.10. The molecule has 1 fully saturated rings. The van der Waals surface area contributed by atoms with Crippen LogP contribution in [-0.2, 0) is 5.54 Å². The normalized spacial score (nSPS) is 17.6. The lowest BCUT2D eigenvalue weighted by Gasteiger charge is -2.13. The summed E-state index contributed by atoms with van der Waals surface area (Å²) >= 11 is 0. The Bertz CT molecular complexity index is 568. The molecule has 1 aliphatic rings. The van der Waals surface area contributed by atoms with E-state index in [0.29, 0.717) is 5.92 Å². The van der Waals surface area contributed by atoms with Crippen molar-refractivity contribution in [3.05, 3.63) is 41.7 Å². The van der Waals surface area contributed by atoms with Gasteiger partial charge >= 0.3 is 0 Å². The smallest absolute Gasteiger partial charge is 0.0411 e. The lowest BCUT2D eigenvalue weighted by molar-refractivity contribution is 0.741. The zero-order valence-corrected chi connectivity index (χ0v) is 10.4. The molecule has 17 heavy (non-hydrogen) atoms. The van der Waals surface area contributed by atoms with Crippen LogP contribution in [0.15, 0.2) is 30.6 Å². The Hall–Kier alpha value is -1.41. The van der Waals surface area contributed by atoms with Gasteiger partial charge in [0.2, 0.25) is 0 Å². The van der Waals surface area contributed by atoms with E-state index in [9.17, 15) is 0 Å². The molecule has 0 spiro atoms. The lowest BCUT2D eigenvalue weighted by Crippen LogP contribution is -2.18.